The lowest BCUT2D eigenvalue weighted by Crippen LogP contribution is -2.54. The van der Waals surface area contributed by atoms with Crippen molar-refractivity contribution in [2.24, 2.45) is 0 Å². The van der Waals surface area contributed by atoms with Gasteiger partial charge in [-0.05, 0) is 52.3 Å². The maximum absolute atomic E-state index is 13.8. The minimum atomic E-state index is -1.55. The first-order chi connectivity index (χ1) is 25.0. The zero-order chi connectivity index (χ0) is 38.8. The van der Waals surface area contributed by atoms with E-state index in [0.29, 0.717) is 22.0 Å². The number of piperazine rings is 1. The Hall–Kier alpha value is -5.13. The second-order valence-electron chi connectivity index (χ2n) is 13.4. The van der Waals surface area contributed by atoms with Crippen molar-refractivity contribution in [2.45, 2.75) is 51.7 Å². The Labute approximate surface area is 315 Å². The van der Waals surface area contributed by atoms with E-state index in [4.69, 9.17) is 37.4 Å². The van der Waals surface area contributed by atoms with Crippen molar-refractivity contribution < 1.29 is 38.6 Å². The highest BCUT2D eigenvalue weighted by molar-refractivity contribution is 6.43. The molecule has 0 radical (unpaired) electrons. The van der Waals surface area contributed by atoms with E-state index in [-0.39, 0.29) is 50.1 Å². The largest absolute Gasteiger partial charge is 0.495 e. The number of aromatic nitrogens is 2. The number of rotatable bonds is 11. The number of carbonyl (C=O) groups is 3. The molecule has 0 atom stereocenters. The van der Waals surface area contributed by atoms with Crippen LogP contribution in [0.2, 0.25) is 10.0 Å². The predicted octanol–water partition coefficient (Wildman–Crippen LogP) is 6.58. The molecule has 1 spiro atoms. The number of methoxy groups -OCH3 is 2. The molecule has 53 heavy (non-hydrogen) atoms. The summed E-state index contributed by atoms with van der Waals surface area (Å²) in [6.07, 6.45) is 0.459. The van der Waals surface area contributed by atoms with Crippen molar-refractivity contribution in [1.82, 2.24) is 14.9 Å². The summed E-state index contributed by atoms with van der Waals surface area (Å²) in [5, 5.41) is 25.0. The number of nitrogens with one attached hydrogen (secondary N) is 1. The number of anilines is 5. The van der Waals surface area contributed by atoms with Crippen LogP contribution in [0.15, 0.2) is 36.7 Å². The van der Waals surface area contributed by atoms with E-state index >= 15 is 0 Å². The number of likely N-dealkylation sites (N-methyl/N-ethyl adjacent to an activating group) is 1. The summed E-state index contributed by atoms with van der Waals surface area (Å²) >= 11 is 13.1. The normalized spacial score (nSPS) is 15.1. The SMILES string of the molecule is CCN1CCN(c2ccc(N(C(=O)O)c3cc(NCC(=O)N(C(=O)OC(C)(C)C)c4c(Cl)c(OC)cc(OC)c4Cl)ncn3)c([N+](=O)[O-])c2)CC12CC2. The number of halogens is 2. The lowest BCUT2D eigenvalue weighted by Gasteiger charge is -2.42. The molecule has 1 aliphatic carbocycles. The first-order valence-electron chi connectivity index (χ1n) is 16.6. The molecule has 1 aliphatic heterocycles. The summed E-state index contributed by atoms with van der Waals surface area (Å²) in [5.41, 5.74) is -1.31. The van der Waals surface area contributed by atoms with Crippen molar-refractivity contribution in [3.8, 4) is 11.5 Å². The van der Waals surface area contributed by atoms with Crippen LogP contribution in [-0.2, 0) is 9.53 Å². The lowest BCUT2D eigenvalue weighted by atomic mass is 10.1. The Morgan fingerprint density at radius 1 is 1.06 bits per heavy atom. The average molecular weight is 776 g/mol. The van der Waals surface area contributed by atoms with Gasteiger partial charge in [-0.2, -0.15) is 0 Å². The number of nitrogens with zero attached hydrogens (tertiary/aromatic N) is 7. The van der Waals surface area contributed by atoms with Crippen LogP contribution in [0.4, 0.5) is 44.0 Å². The molecule has 5 rings (SSSR count). The minimum absolute atomic E-state index is 0.0537. The quantitative estimate of drug-likeness (QED) is 0.157. The van der Waals surface area contributed by atoms with E-state index in [0.717, 1.165) is 38.8 Å². The number of amides is 3. The molecule has 0 bridgehead atoms. The maximum atomic E-state index is 13.8. The van der Waals surface area contributed by atoms with Gasteiger partial charge in [-0.15, -0.1) is 0 Å². The number of nitro groups is 1. The number of carbonyl (C=O) groups excluding carboxylic acids is 2. The van der Waals surface area contributed by atoms with Crippen molar-refractivity contribution in [3.05, 3.63) is 56.8 Å². The highest BCUT2D eigenvalue weighted by Gasteiger charge is 2.50. The van der Waals surface area contributed by atoms with Gasteiger partial charge in [-0.3, -0.25) is 19.8 Å². The van der Waals surface area contributed by atoms with E-state index in [1.165, 1.54) is 38.5 Å². The summed E-state index contributed by atoms with van der Waals surface area (Å²) in [5.74, 6) is -1.10. The van der Waals surface area contributed by atoms with Gasteiger partial charge in [0.15, 0.2) is 0 Å². The first kappa shape index (κ1) is 39.1. The van der Waals surface area contributed by atoms with E-state index in [2.05, 4.69) is 32.0 Å². The number of hydrogen-bond donors (Lipinski definition) is 2. The average Bonchev–Trinajstić information content (AvgIpc) is 3.87. The molecule has 0 unspecified atom stereocenters. The second-order valence-corrected chi connectivity index (χ2v) is 14.1. The number of hydrogen-bond acceptors (Lipinski definition) is 13. The Balaban J connectivity index is 1.43. The second kappa shape index (κ2) is 15.5. The van der Waals surface area contributed by atoms with Crippen molar-refractivity contribution in [3.63, 3.8) is 0 Å². The smallest absolute Gasteiger partial charge is 0.421 e. The van der Waals surface area contributed by atoms with Crippen molar-refractivity contribution >= 4 is 75.7 Å². The van der Waals surface area contributed by atoms with Gasteiger partial charge in [0.2, 0.25) is 0 Å². The highest BCUT2D eigenvalue weighted by atomic mass is 35.5. The van der Waals surface area contributed by atoms with Crippen LogP contribution in [0, 0.1) is 10.1 Å². The Morgan fingerprint density at radius 2 is 1.72 bits per heavy atom. The molecule has 2 aliphatic rings. The summed E-state index contributed by atoms with van der Waals surface area (Å²) in [6.45, 7) is 9.44. The maximum Gasteiger partial charge on any atom is 0.421 e. The van der Waals surface area contributed by atoms with Crippen molar-refractivity contribution in [1.29, 1.82) is 0 Å². The van der Waals surface area contributed by atoms with E-state index in [1.807, 2.05) is 0 Å². The summed E-state index contributed by atoms with van der Waals surface area (Å²) in [4.78, 5) is 65.6. The Kier molecular flexibility index (Phi) is 11.4. The minimum Gasteiger partial charge on any atom is -0.495 e. The summed E-state index contributed by atoms with van der Waals surface area (Å²) < 4.78 is 16.1. The Morgan fingerprint density at radius 3 is 2.26 bits per heavy atom. The molecule has 2 heterocycles. The molecule has 1 aromatic heterocycles. The van der Waals surface area contributed by atoms with Crippen LogP contribution in [0.1, 0.15) is 40.5 Å². The standard InChI is InChI=1S/C34H40Cl2N8O9/c1-7-41-13-12-40(18-34(41)10-11-34)20-8-9-21(22(14-20)44(49)50)42(31(46)47)26-16-25(38-19-39-26)37-17-27(45)43(32(48)53-33(2,3)4)30-28(35)23(51-5)15-24(52-6)29(30)36/h8-9,14-16,19H,7,10-13,17-18H2,1-6H3,(H,46,47)(H,37,38,39). The summed E-state index contributed by atoms with van der Waals surface area (Å²) in [7, 11) is 2.65. The van der Waals surface area contributed by atoms with Crippen molar-refractivity contribution in [2.75, 3.05) is 67.0 Å². The van der Waals surface area contributed by atoms with Crippen LogP contribution < -0.4 is 29.5 Å². The predicted molar refractivity (Wildman–Crippen MR) is 198 cm³/mol. The van der Waals surface area contributed by atoms with Gasteiger partial charge in [0.25, 0.3) is 11.6 Å². The molecule has 1 saturated carbocycles. The monoisotopic (exact) mass is 774 g/mol. The molecule has 17 nitrogen and oxygen atoms in total. The van der Waals surface area contributed by atoms with E-state index in [9.17, 15) is 29.6 Å². The number of imide groups is 1. The number of benzene rings is 2. The number of nitro benzene ring substituents is 1. The summed E-state index contributed by atoms with van der Waals surface area (Å²) in [6, 6.07) is 6.98. The van der Waals surface area contributed by atoms with Crippen LogP contribution in [0.25, 0.3) is 0 Å². The van der Waals surface area contributed by atoms with Gasteiger partial charge in [0, 0.05) is 49.1 Å². The number of carboxylic acid groups (broad SMARTS) is 1. The van der Waals surface area contributed by atoms with Crippen LogP contribution in [0.3, 0.4) is 0 Å². The first-order valence-corrected chi connectivity index (χ1v) is 17.3. The van der Waals surface area contributed by atoms with Gasteiger partial charge < -0.3 is 29.5 Å². The molecule has 3 amide bonds. The van der Waals surface area contributed by atoms with Gasteiger partial charge in [-0.25, -0.2) is 29.4 Å². The van der Waals surface area contributed by atoms with E-state index in [1.54, 1.807) is 26.8 Å². The van der Waals surface area contributed by atoms with Crippen LogP contribution in [0.5, 0.6) is 11.5 Å². The Bertz CT molecular complexity index is 1890. The molecule has 3 aromatic rings. The molecular formula is C34H40Cl2N8O9. The molecule has 2 fully saturated rings. The highest BCUT2D eigenvalue weighted by Crippen LogP contribution is 2.47. The third-order valence-corrected chi connectivity index (χ3v) is 9.59. The third-order valence-electron chi connectivity index (χ3n) is 8.86. The van der Waals surface area contributed by atoms with Gasteiger partial charge in [0.05, 0.1) is 25.7 Å². The van der Waals surface area contributed by atoms with E-state index < -0.39 is 40.9 Å². The molecular weight excluding hydrogens is 735 g/mol. The molecule has 2 aromatic carbocycles. The number of ether oxygens (including phenoxy) is 3. The molecule has 19 heteroatoms. The fraction of sp³-hybridized carbons (Fsp3) is 0.441. The van der Waals surface area contributed by atoms with Gasteiger partial charge in [-0.1, -0.05) is 30.1 Å². The topological polar surface area (TPSA) is 193 Å². The lowest BCUT2D eigenvalue weighted by molar-refractivity contribution is -0.384. The van der Waals surface area contributed by atoms with Gasteiger partial charge >= 0.3 is 12.2 Å². The molecule has 284 valence electrons. The van der Waals surface area contributed by atoms with Crippen LogP contribution >= 0.6 is 23.2 Å². The fourth-order valence-electron chi connectivity index (χ4n) is 6.22. The molecule has 1 saturated heterocycles. The van der Waals surface area contributed by atoms with Crippen LogP contribution in [-0.4, -0.2) is 101 Å². The van der Waals surface area contributed by atoms with Gasteiger partial charge in [0.1, 0.15) is 56.5 Å². The molecule has 2 N–H and O–H groups in total. The zero-order valence-electron chi connectivity index (χ0n) is 30.0. The third kappa shape index (κ3) is 8.26. The zero-order valence-corrected chi connectivity index (χ0v) is 31.5. The fourth-order valence-corrected chi connectivity index (χ4v) is 6.89.